The average Bonchev–Trinajstić information content (AvgIpc) is 2.73. The molecule has 0 aromatic heterocycles. The molecule has 0 aromatic rings. The third-order valence-corrected chi connectivity index (χ3v) is 9.14. The molecule has 4 saturated carbocycles. The van der Waals surface area contributed by atoms with Crippen molar-refractivity contribution in [1.82, 2.24) is 0 Å². The fraction of sp³-hybridized carbons (Fsp3) is 0.947. The van der Waals surface area contributed by atoms with E-state index in [4.69, 9.17) is 0 Å². The highest BCUT2D eigenvalue weighted by molar-refractivity contribution is 9.10. The van der Waals surface area contributed by atoms with E-state index in [1.165, 1.54) is 0 Å². The summed E-state index contributed by atoms with van der Waals surface area (Å²) in [4.78, 5) is 12.7. The van der Waals surface area contributed by atoms with Gasteiger partial charge in [0, 0.05) is 5.41 Å². The van der Waals surface area contributed by atoms with Gasteiger partial charge in [0.05, 0.1) is 17.0 Å². The number of fused-ring (bicyclic) bond motifs is 5. The molecule has 0 aliphatic heterocycles. The zero-order valence-corrected chi connectivity index (χ0v) is 15.8. The van der Waals surface area contributed by atoms with Gasteiger partial charge in [0.2, 0.25) is 0 Å². The number of aliphatic hydroxyl groups is 2. The second kappa shape index (κ2) is 5.28. The Kier molecular flexibility index (Phi) is 3.80. The number of alkyl halides is 1. The first-order valence-corrected chi connectivity index (χ1v) is 10.2. The van der Waals surface area contributed by atoms with E-state index in [2.05, 4.69) is 29.8 Å². The first kappa shape index (κ1) is 16.5. The first-order valence-electron chi connectivity index (χ1n) is 9.32. The second-order valence-electron chi connectivity index (χ2n) is 9.24. The monoisotopic (exact) mass is 384 g/mol. The van der Waals surface area contributed by atoms with E-state index in [9.17, 15) is 15.0 Å². The molecule has 0 bridgehead atoms. The molecule has 3 nitrogen and oxygen atoms in total. The number of carbonyl (C=O) groups is 1. The largest absolute Gasteiger partial charge is 0.393 e. The molecule has 4 aliphatic carbocycles. The summed E-state index contributed by atoms with van der Waals surface area (Å²) in [5.74, 6) is 2.10. The maximum Gasteiger partial charge on any atom is 0.152 e. The molecule has 0 heterocycles. The SMILES string of the molecule is C[C@]12CC[C@H](O)C[C@@H]1[C@@H](O)C[C@@H]1[C@@H]2CC[C@]2(C)C(=O)[C@H](Br)C[C@@H]12. The molecule has 4 aliphatic rings. The van der Waals surface area contributed by atoms with Crippen LogP contribution < -0.4 is 0 Å². The van der Waals surface area contributed by atoms with E-state index in [0.717, 1.165) is 44.9 Å². The summed E-state index contributed by atoms with van der Waals surface area (Å²) in [6, 6.07) is 0. The van der Waals surface area contributed by atoms with Crippen molar-refractivity contribution in [1.29, 1.82) is 0 Å². The number of hydrogen-bond acceptors (Lipinski definition) is 3. The van der Waals surface area contributed by atoms with Crippen molar-refractivity contribution in [3.8, 4) is 0 Å². The van der Waals surface area contributed by atoms with Gasteiger partial charge in [-0.05, 0) is 74.0 Å². The van der Waals surface area contributed by atoms with Gasteiger partial charge in [0.15, 0.2) is 5.78 Å². The fourth-order valence-electron chi connectivity index (χ4n) is 7.03. The van der Waals surface area contributed by atoms with Gasteiger partial charge in [0.25, 0.3) is 0 Å². The Morgan fingerprint density at radius 2 is 1.74 bits per heavy atom. The number of halogens is 1. The molecule has 0 saturated heterocycles. The highest BCUT2D eigenvalue weighted by atomic mass is 79.9. The quantitative estimate of drug-likeness (QED) is 0.629. The summed E-state index contributed by atoms with van der Waals surface area (Å²) in [5.41, 5.74) is -0.0528. The van der Waals surface area contributed by atoms with Crippen LogP contribution in [-0.4, -0.2) is 33.0 Å². The van der Waals surface area contributed by atoms with Gasteiger partial charge in [0.1, 0.15) is 0 Å². The van der Waals surface area contributed by atoms with Gasteiger partial charge in [-0.15, -0.1) is 0 Å². The first-order chi connectivity index (χ1) is 10.8. The molecule has 4 heteroatoms. The Balaban J connectivity index is 1.68. The topological polar surface area (TPSA) is 57.5 Å². The molecule has 0 spiro atoms. The zero-order chi connectivity index (χ0) is 16.6. The third kappa shape index (κ3) is 2.17. The van der Waals surface area contributed by atoms with Gasteiger partial charge < -0.3 is 10.2 Å². The molecular weight excluding hydrogens is 356 g/mol. The summed E-state index contributed by atoms with van der Waals surface area (Å²) in [5, 5.41) is 20.9. The number of Topliss-reactive ketones (excluding diaryl/α,β-unsaturated/α-hetero) is 1. The van der Waals surface area contributed by atoms with Crippen LogP contribution in [-0.2, 0) is 4.79 Å². The van der Waals surface area contributed by atoms with Crippen LogP contribution in [0.1, 0.15) is 58.8 Å². The van der Waals surface area contributed by atoms with Crippen LogP contribution in [0.5, 0.6) is 0 Å². The lowest BCUT2D eigenvalue weighted by atomic mass is 9.44. The van der Waals surface area contributed by atoms with Crippen molar-refractivity contribution >= 4 is 21.7 Å². The zero-order valence-electron chi connectivity index (χ0n) is 14.2. The van der Waals surface area contributed by atoms with Gasteiger partial charge >= 0.3 is 0 Å². The van der Waals surface area contributed by atoms with Crippen molar-refractivity contribution in [2.24, 2.45) is 34.5 Å². The van der Waals surface area contributed by atoms with Gasteiger partial charge in [-0.25, -0.2) is 0 Å². The standard InChI is InChI=1S/C19H29BrO3/c1-18-5-3-10(21)7-14(18)16(22)8-11-12(18)4-6-19(2)13(11)9-15(20)17(19)23/h10-16,21-22H,3-9H2,1-2H3/t10-,11+,12-,13-,14+,15+,16-,18+,19-/m0/s1. The Hall–Kier alpha value is 0.0700. The summed E-state index contributed by atoms with van der Waals surface area (Å²) in [6.45, 7) is 4.53. The van der Waals surface area contributed by atoms with Crippen molar-refractivity contribution in [3.05, 3.63) is 0 Å². The molecule has 0 unspecified atom stereocenters. The molecule has 0 amide bonds. The number of rotatable bonds is 0. The molecule has 4 rings (SSSR count). The van der Waals surface area contributed by atoms with Crippen LogP contribution in [0.15, 0.2) is 0 Å². The van der Waals surface area contributed by atoms with Gasteiger partial charge in [-0.2, -0.15) is 0 Å². The van der Waals surface area contributed by atoms with E-state index < -0.39 is 0 Å². The highest BCUT2D eigenvalue weighted by Crippen LogP contribution is 2.65. The summed E-state index contributed by atoms with van der Waals surface area (Å²) in [7, 11) is 0. The van der Waals surface area contributed by atoms with Crippen LogP contribution in [0, 0.1) is 34.5 Å². The van der Waals surface area contributed by atoms with E-state index in [-0.39, 0.29) is 33.8 Å². The summed E-state index contributed by atoms with van der Waals surface area (Å²) >= 11 is 3.61. The third-order valence-electron chi connectivity index (χ3n) is 8.35. The van der Waals surface area contributed by atoms with Crippen LogP contribution in [0.4, 0.5) is 0 Å². The number of carbonyl (C=O) groups excluding carboxylic acids is 1. The van der Waals surface area contributed by atoms with Crippen LogP contribution in [0.3, 0.4) is 0 Å². The minimum atomic E-state index is -0.317. The Morgan fingerprint density at radius 3 is 2.48 bits per heavy atom. The van der Waals surface area contributed by atoms with Crippen LogP contribution >= 0.6 is 15.9 Å². The Bertz CT molecular complexity index is 523. The minimum absolute atomic E-state index is 0.00657. The number of aliphatic hydroxyl groups excluding tert-OH is 2. The second-order valence-corrected chi connectivity index (χ2v) is 10.3. The summed E-state index contributed by atoms with van der Waals surface area (Å²) in [6.07, 6.45) is 5.95. The highest BCUT2D eigenvalue weighted by Gasteiger charge is 2.63. The molecule has 9 atom stereocenters. The average molecular weight is 385 g/mol. The molecule has 0 aromatic carbocycles. The predicted octanol–water partition coefficient (Wildman–Crippen LogP) is 3.30. The van der Waals surface area contributed by atoms with Crippen LogP contribution in [0.25, 0.3) is 0 Å². The van der Waals surface area contributed by atoms with E-state index in [0.29, 0.717) is 23.5 Å². The molecule has 0 radical (unpaired) electrons. The molecule has 2 N–H and O–H groups in total. The predicted molar refractivity (Wildman–Crippen MR) is 92.2 cm³/mol. The number of hydrogen-bond donors (Lipinski definition) is 2. The normalized spacial score (nSPS) is 59.2. The van der Waals surface area contributed by atoms with E-state index in [1.807, 2.05) is 0 Å². The molecule has 23 heavy (non-hydrogen) atoms. The maximum atomic E-state index is 12.7. The fourth-order valence-corrected chi connectivity index (χ4v) is 7.95. The molecule has 130 valence electrons. The lowest BCUT2D eigenvalue weighted by Crippen LogP contribution is -2.58. The molecule has 4 fully saturated rings. The number of ketones is 1. The minimum Gasteiger partial charge on any atom is -0.393 e. The van der Waals surface area contributed by atoms with Crippen molar-refractivity contribution in [2.45, 2.75) is 75.8 Å². The van der Waals surface area contributed by atoms with E-state index >= 15 is 0 Å². The van der Waals surface area contributed by atoms with Crippen LogP contribution in [0.2, 0.25) is 0 Å². The smallest absolute Gasteiger partial charge is 0.152 e. The van der Waals surface area contributed by atoms with Crippen molar-refractivity contribution < 1.29 is 15.0 Å². The van der Waals surface area contributed by atoms with Crippen molar-refractivity contribution in [2.75, 3.05) is 0 Å². The lowest BCUT2D eigenvalue weighted by Gasteiger charge is -2.61. The Labute approximate surface area is 147 Å². The summed E-state index contributed by atoms with van der Waals surface area (Å²) < 4.78 is 0. The van der Waals surface area contributed by atoms with Gasteiger partial charge in [-0.1, -0.05) is 29.8 Å². The van der Waals surface area contributed by atoms with E-state index in [1.54, 1.807) is 0 Å². The lowest BCUT2D eigenvalue weighted by molar-refractivity contribution is -0.170. The maximum absolute atomic E-state index is 12.7. The van der Waals surface area contributed by atoms with Gasteiger partial charge in [-0.3, -0.25) is 4.79 Å². The van der Waals surface area contributed by atoms with Crippen molar-refractivity contribution in [3.63, 3.8) is 0 Å². The Morgan fingerprint density at radius 1 is 1.00 bits per heavy atom. The molecular formula is C19H29BrO3.